The molecule has 3 aliphatic rings. The number of thiophene rings is 1. The maximum Gasteiger partial charge on any atom is 0.329 e. The summed E-state index contributed by atoms with van der Waals surface area (Å²) in [6.07, 6.45) is 2.20. The van der Waals surface area contributed by atoms with Crippen molar-refractivity contribution in [3.05, 3.63) is 46.8 Å². The molecule has 1 aromatic carbocycles. The van der Waals surface area contributed by atoms with E-state index in [9.17, 15) is 18.0 Å². The Morgan fingerprint density at radius 2 is 2.00 bits per heavy atom. The number of ether oxygens (including phenoxy) is 1. The summed E-state index contributed by atoms with van der Waals surface area (Å²) in [6.45, 7) is 2.00. The van der Waals surface area contributed by atoms with Gasteiger partial charge in [0.2, 0.25) is 0 Å². The molecule has 1 spiro atoms. The molecule has 1 atom stereocenters. The molecule has 5 rings (SSSR count). The standard InChI is InChI=1S/C22H26N4O5S2/c1-31-17-6-7-18-16(14-17)4-2-8-22(18)20(27)26(21(28)23-22)15-24-9-11-25(12-10-24)33(29,30)19-5-3-13-32-19/h3,5-7,13-14H,2,4,8-12,15H2,1H3,(H,23,28)/p+1/t22-/m0/s1. The lowest BCUT2D eigenvalue weighted by Crippen LogP contribution is -3.16. The molecule has 1 aromatic heterocycles. The summed E-state index contributed by atoms with van der Waals surface area (Å²) >= 11 is 1.21. The Morgan fingerprint density at radius 1 is 1.21 bits per heavy atom. The highest BCUT2D eigenvalue weighted by Gasteiger charge is 2.55. The van der Waals surface area contributed by atoms with E-state index in [4.69, 9.17) is 4.74 Å². The highest BCUT2D eigenvalue weighted by molar-refractivity contribution is 7.91. The normalized spacial score (nSPS) is 24.2. The number of piperazine rings is 1. The summed E-state index contributed by atoms with van der Waals surface area (Å²) in [6, 6.07) is 8.61. The Bertz CT molecular complexity index is 1180. The fourth-order valence-corrected chi connectivity index (χ4v) is 7.67. The number of methoxy groups -OCH3 is 1. The number of fused-ring (bicyclic) bond motifs is 2. The van der Waals surface area contributed by atoms with Crippen LogP contribution < -0.4 is 15.0 Å². The van der Waals surface area contributed by atoms with Crippen LogP contribution in [0.1, 0.15) is 24.0 Å². The van der Waals surface area contributed by atoms with Crippen LogP contribution in [0.3, 0.4) is 0 Å². The van der Waals surface area contributed by atoms with Gasteiger partial charge in [-0.1, -0.05) is 12.1 Å². The summed E-state index contributed by atoms with van der Waals surface area (Å²) in [5.74, 6) is 0.513. The summed E-state index contributed by atoms with van der Waals surface area (Å²) in [7, 11) is -1.87. The first kappa shape index (κ1) is 22.3. The maximum absolute atomic E-state index is 13.6. The van der Waals surface area contributed by atoms with Crippen molar-refractivity contribution < 1.29 is 27.6 Å². The fraction of sp³-hybridized carbons (Fsp3) is 0.455. The molecule has 1 aliphatic carbocycles. The molecule has 0 unspecified atom stereocenters. The first-order valence-corrected chi connectivity index (χ1v) is 13.4. The van der Waals surface area contributed by atoms with Crippen molar-refractivity contribution in [1.29, 1.82) is 0 Å². The van der Waals surface area contributed by atoms with Gasteiger partial charge < -0.3 is 15.0 Å². The second-order valence-corrected chi connectivity index (χ2v) is 11.8. The van der Waals surface area contributed by atoms with Gasteiger partial charge in [-0.25, -0.2) is 18.1 Å². The van der Waals surface area contributed by atoms with E-state index < -0.39 is 15.6 Å². The van der Waals surface area contributed by atoms with Crippen LogP contribution in [0.15, 0.2) is 39.9 Å². The minimum absolute atomic E-state index is 0.222. The zero-order valence-electron chi connectivity index (χ0n) is 18.4. The van der Waals surface area contributed by atoms with E-state index in [1.165, 1.54) is 20.5 Å². The monoisotopic (exact) mass is 491 g/mol. The van der Waals surface area contributed by atoms with Crippen LogP contribution in [0.4, 0.5) is 4.79 Å². The van der Waals surface area contributed by atoms with Crippen LogP contribution >= 0.6 is 11.3 Å². The Kier molecular flexibility index (Phi) is 5.68. The molecule has 11 heteroatoms. The number of hydrogen-bond acceptors (Lipinski definition) is 6. The molecule has 2 aromatic rings. The predicted octanol–water partition coefficient (Wildman–Crippen LogP) is 0.387. The van der Waals surface area contributed by atoms with Crippen LogP contribution in [0.2, 0.25) is 0 Å². The molecule has 9 nitrogen and oxygen atoms in total. The highest BCUT2D eigenvalue weighted by atomic mass is 32.2. The van der Waals surface area contributed by atoms with Crippen molar-refractivity contribution in [2.75, 3.05) is 40.0 Å². The highest BCUT2D eigenvalue weighted by Crippen LogP contribution is 2.40. The van der Waals surface area contributed by atoms with Crippen LogP contribution in [0.5, 0.6) is 5.75 Å². The number of carbonyl (C=O) groups excluding carboxylic acids is 2. The van der Waals surface area contributed by atoms with Gasteiger partial charge in [0, 0.05) is 0 Å². The number of aryl methyl sites for hydroxylation is 1. The van der Waals surface area contributed by atoms with Gasteiger partial charge in [-0.05, 0) is 54.0 Å². The number of quaternary nitrogens is 1. The lowest BCUT2D eigenvalue weighted by Gasteiger charge is -2.34. The molecule has 0 bridgehead atoms. The molecular formula is C22H27N4O5S2+. The molecule has 3 heterocycles. The minimum atomic E-state index is -3.48. The molecule has 2 saturated heterocycles. The SMILES string of the molecule is COc1ccc2c(c1)CCC[C@]21NC(=O)N(C[NH+]2CCN(S(=O)(=O)c3cccs3)CC2)C1=O. The summed E-state index contributed by atoms with van der Waals surface area (Å²) < 4.78 is 32.7. The Morgan fingerprint density at radius 3 is 2.70 bits per heavy atom. The molecule has 3 amide bonds. The molecule has 0 saturated carbocycles. The quantitative estimate of drug-likeness (QED) is 0.590. The molecule has 2 N–H and O–H groups in total. The molecule has 33 heavy (non-hydrogen) atoms. The first-order valence-electron chi connectivity index (χ1n) is 11.0. The van der Waals surface area contributed by atoms with Gasteiger partial charge in [0.25, 0.3) is 15.9 Å². The van der Waals surface area contributed by atoms with Crippen molar-refractivity contribution in [2.24, 2.45) is 0 Å². The number of carbonyl (C=O) groups is 2. The van der Waals surface area contributed by atoms with Crippen LogP contribution in [0.25, 0.3) is 0 Å². The van der Waals surface area contributed by atoms with Crippen molar-refractivity contribution in [3.8, 4) is 5.75 Å². The number of imide groups is 1. The second kappa shape index (κ2) is 8.39. The Labute approximate surface area is 197 Å². The summed E-state index contributed by atoms with van der Waals surface area (Å²) in [4.78, 5) is 28.8. The first-order chi connectivity index (χ1) is 15.8. The minimum Gasteiger partial charge on any atom is -0.497 e. The van der Waals surface area contributed by atoms with Crippen LogP contribution in [-0.2, 0) is 26.8 Å². The topological polar surface area (TPSA) is 100 Å². The van der Waals surface area contributed by atoms with Crippen molar-refractivity contribution in [3.63, 3.8) is 0 Å². The molecule has 176 valence electrons. The Balaban J connectivity index is 1.29. The third-order valence-corrected chi connectivity index (χ3v) is 10.1. The van der Waals surface area contributed by atoms with E-state index in [0.717, 1.165) is 34.6 Å². The van der Waals surface area contributed by atoms with Gasteiger partial charge in [-0.15, -0.1) is 11.3 Å². The molecular weight excluding hydrogens is 464 g/mol. The maximum atomic E-state index is 13.6. The summed E-state index contributed by atoms with van der Waals surface area (Å²) in [5, 5.41) is 4.73. The van der Waals surface area contributed by atoms with Gasteiger partial charge in [-0.2, -0.15) is 4.31 Å². The van der Waals surface area contributed by atoms with E-state index in [1.54, 1.807) is 24.6 Å². The number of urea groups is 1. The van der Waals surface area contributed by atoms with Gasteiger partial charge in [-0.3, -0.25) is 4.79 Å². The van der Waals surface area contributed by atoms with Crippen LogP contribution in [-0.4, -0.2) is 69.5 Å². The van der Waals surface area contributed by atoms with Crippen LogP contribution in [0, 0.1) is 0 Å². The number of nitrogens with one attached hydrogen (secondary N) is 2. The average molecular weight is 492 g/mol. The van der Waals surface area contributed by atoms with Crippen molar-refractivity contribution >= 4 is 33.3 Å². The average Bonchev–Trinajstić information content (AvgIpc) is 3.44. The lowest BCUT2D eigenvalue weighted by atomic mass is 9.76. The smallest absolute Gasteiger partial charge is 0.329 e. The van der Waals surface area contributed by atoms with Crippen molar-refractivity contribution in [1.82, 2.24) is 14.5 Å². The fourth-order valence-electron chi connectivity index (χ4n) is 5.08. The van der Waals surface area contributed by atoms with E-state index in [0.29, 0.717) is 36.8 Å². The van der Waals surface area contributed by atoms with Crippen molar-refractivity contribution in [2.45, 2.75) is 29.0 Å². The number of hydrogen-bond donors (Lipinski definition) is 2. The second-order valence-electron chi connectivity index (χ2n) is 8.69. The van der Waals surface area contributed by atoms with E-state index in [1.807, 2.05) is 18.2 Å². The number of rotatable bonds is 5. The summed E-state index contributed by atoms with van der Waals surface area (Å²) in [5.41, 5.74) is 0.842. The zero-order valence-corrected chi connectivity index (χ0v) is 20.0. The number of nitrogens with zero attached hydrogens (tertiary/aromatic N) is 2. The van der Waals surface area contributed by atoms with E-state index >= 15 is 0 Å². The van der Waals surface area contributed by atoms with E-state index in [-0.39, 0.29) is 18.6 Å². The zero-order chi connectivity index (χ0) is 23.2. The van der Waals surface area contributed by atoms with Gasteiger partial charge in [0.05, 0.1) is 33.3 Å². The van der Waals surface area contributed by atoms with Gasteiger partial charge in [0.1, 0.15) is 15.5 Å². The van der Waals surface area contributed by atoms with Gasteiger partial charge >= 0.3 is 6.03 Å². The Hall–Kier alpha value is -2.47. The number of benzene rings is 1. The largest absolute Gasteiger partial charge is 0.497 e. The van der Waals surface area contributed by atoms with Gasteiger partial charge in [0.15, 0.2) is 6.67 Å². The molecule has 2 aliphatic heterocycles. The third-order valence-electron chi connectivity index (χ3n) is 6.85. The lowest BCUT2D eigenvalue weighted by molar-refractivity contribution is -0.910. The molecule has 0 radical (unpaired) electrons. The number of amides is 3. The predicted molar refractivity (Wildman–Crippen MR) is 122 cm³/mol. The number of sulfonamides is 1. The third kappa shape index (κ3) is 3.72. The molecule has 2 fully saturated rings. The van der Waals surface area contributed by atoms with E-state index in [2.05, 4.69) is 5.32 Å².